The van der Waals surface area contributed by atoms with Crippen molar-refractivity contribution in [1.29, 1.82) is 0 Å². The standard InChI is InChI=1S/C24H30FN5O2/c1-17(2)23-21(24(29(3)28-23)30-9-11-31-12-10-30)16-26-14-18-7-8-22(27-15-18)32-20-6-4-5-19(25)13-20/h4-8,13,15,17,26H,9-12,14,16H2,1-3H3. The second kappa shape index (κ2) is 10.1. The molecule has 4 rings (SSSR count). The van der Waals surface area contributed by atoms with Gasteiger partial charge < -0.3 is 19.7 Å². The molecule has 0 aliphatic carbocycles. The van der Waals surface area contributed by atoms with E-state index in [1.54, 1.807) is 24.4 Å². The number of hydrogen-bond donors (Lipinski definition) is 1. The molecule has 0 amide bonds. The van der Waals surface area contributed by atoms with Crippen LogP contribution in [0.3, 0.4) is 0 Å². The molecule has 0 saturated carbocycles. The van der Waals surface area contributed by atoms with E-state index in [0.29, 0.717) is 24.1 Å². The summed E-state index contributed by atoms with van der Waals surface area (Å²) in [6, 6.07) is 9.79. The van der Waals surface area contributed by atoms with Gasteiger partial charge in [-0.2, -0.15) is 5.10 Å². The monoisotopic (exact) mass is 439 g/mol. The molecular weight excluding hydrogens is 409 g/mol. The first-order chi connectivity index (χ1) is 15.5. The fourth-order valence-electron chi connectivity index (χ4n) is 3.94. The van der Waals surface area contributed by atoms with Crippen LogP contribution in [0.15, 0.2) is 42.6 Å². The molecule has 2 aromatic heterocycles. The minimum absolute atomic E-state index is 0.337. The van der Waals surface area contributed by atoms with Gasteiger partial charge in [-0.25, -0.2) is 9.37 Å². The molecule has 1 aliphatic rings. The average Bonchev–Trinajstić information content (AvgIpc) is 3.12. The molecule has 3 aromatic rings. The summed E-state index contributed by atoms with van der Waals surface area (Å²) in [5.41, 5.74) is 3.40. The Morgan fingerprint density at radius 3 is 2.66 bits per heavy atom. The Balaban J connectivity index is 1.40. The third-order valence-electron chi connectivity index (χ3n) is 5.45. The van der Waals surface area contributed by atoms with Crippen LogP contribution in [0.4, 0.5) is 10.2 Å². The van der Waals surface area contributed by atoms with Crippen molar-refractivity contribution in [3.8, 4) is 11.6 Å². The number of rotatable bonds is 8. The first-order valence-corrected chi connectivity index (χ1v) is 11.0. The third-order valence-corrected chi connectivity index (χ3v) is 5.45. The van der Waals surface area contributed by atoms with E-state index in [0.717, 1.165) is 44.1 Å². The highest BCUT2D eigenvalue weighted by Crippen LogP contribution is 2.29. The van der Waals surface area contributed by atoms with Gasteiger partial charge in [-0.1, -0.05) is 26.0 Å². The second-order valence-corrected chi connectivity index (χ2v) is 8.23. The molecule has 0 radical (unpaired) electrons. The van der Waals surface area contributed by atoms with Crippen LogP contribution in [0.25, 0.3) is 0 Å². The van der Waals surface area contributed by atoms with Gasteiger partial charge in [-0.3, -0.25) is 4.68 Å². The fraction of sp³-hybridized carbons (Fsp3) is 0.417. The van der Waals surface area contributed by atoms with Gasteiger partial charge in [0.2, 0.25) is 5.88 Å². The molecule has 1 aliphatic heterocycles. The zero-order valence-corrected chi connectivity index (χ0v) is 18.8. The first kappa shape index (κ1) is 22.2. The number of aryl methyl sites for hydroxylation is 1. The number of nitrogens with one attached hydrogen (secondary N) is 1. The van der Waals surface area contributed by atoms with Crippen molar-refractivity contribution in [2.45, 2.75) is 32.9 Å². The minimum Gasteiger partial charge on any atom is -0.439 e. The number of anilines is 1. The largest absolute Gasteiger partial charge is 0.439 e. The minimum atomic E-state index is -0.337. The van der Waals surface area contributed by atoms with Gasteiger partial charge in [-0.15, -0.1) is 0 Å². The van der Waals surface area contributed by atoms with E-state index in [2.05, 4.69) is 29.0 Å². The van der Waals surface area contributed by atoms with Crippen molar-refractivity contribution in [2.24, 2.45) is 7.05 Å². The number of pyridine rings is 1. The van der Waals surface area contributed by atoms with Gasteiger partial charge in [0.25, 0.3) is 0 Å². The zero-order chi connectivity index (χ0) is 22.5. The zero-order valence-electron chi connectivity index (χ0n) is 18.8. The number of aromatic nitrogens is 3. The molecule has 1 N–H and O–H groups in total. The predicted octanol–water partition coefficient (Wildman–Crippen LogP) is 4.00. The summed E-state index contributed by atoms with van der Waals surface area (Å²) in [5.74, 6) is 2.03. The van der Waals surface area contributed by atoms with Crippen LogP contribution in [0.2, 0.25) is 0 Å². The molecule has 8 heteroatoms. The lowest BCUT2D eigenvalue weighted by atomic mass is 10.0. The highest BCUT2D eigenvalue weighted by molar-refractivity contribution is 5.51. The third kappa shape index (κ3) is 5.26. The van der Waals surface area contributed by atoms with E-state index in [4.69, 9.17) is 14.6 Å². The first-order valence-electron chi connectivity index (χ1n) is 11.0. The molecule has 170 valence electrons. The topological polar surface area (TPSA) is 64.4 Å². The summed E-state index contributed by atoms with van der Waals surface area (Å²) in [7, 11) is 2.02. The molecule has 1 saturated heterocycles. The van der Waals surface area contributed by atoms with Crippen molar-refractivity contribution >= 4 is 5.82 Å². The van der Waals surface area contributed by atoms with Crippen molar-refractivity contribution in [1.82, 2.24) is 20.1 Å². The van der Waals surface area contributed by atoms with Gasteiger partial charge in [-0.05, 0) is 23.6 Å². The SMILES string of the molecule is CC(C)c1nn(C)c(N2CCOCC2)c1CNCc1ccc(Oc2cccc(F)c2)nc1. The highest BCUT2D eigenvalue weighted by atomic mass is 19.1. The highest BCUT2D eigenvalue weighted by Gasteiger charge is 2.24. The maximum absolute atomic E-state index is 13.3. The molecule has 0 atom stereocenters. The van der Waals surface area contributed by atoms with E-state index >= 15 is 0 Å². The van der Waals surface area contributed by atoms with Gasteiger partial charge in [0.1, 0.15) is 17.4 Å². The summed E-state index contributed by atoms with van der Waals surface area (Å²) in [6.45, 7) is 8.97. The Labute approximate surface area is 188 Å². The molecular formula is C24H30FN5O2. The Morgan fingerprint density at radius 1 is 1.16 bits per heavy atom. The Bertz CT molecular complexity index is 1030. The normalized spacial score (nSPS) is 14.2. The quantitative estimate of drug-likeness (QED) is 0.573. The molecule has 32 heavy (non-hydrogen) atoms. The number of hydrogen-bond acceptors (Lipinski definition) is 6. The Morgan fingerprint density at radius 2 is 1.97 bits per heavy atom. The van der Waals surface area contributed by atoms with E-state index in [1.165, 1.54) is 23.5 Å². The van der Waals surface area contributed by atoms with Crippen LogP contribution < -0.4 is 15.0 Å². The van der Waals surface area contributed by atoms with Crippen LogP contribution in [0.1, 0.15) is 36.6 Å². The molecule has 0 spiro atoms. The number of ether oxygens (including phenoxy) is 2. The van der Waals surface area contributed by atoms with Crippen LogP contribution in [0, 0.1) is 5.82 Å². The smallest absolute Gasteiger partial charge is 0.219 e. The van der Waals surface area contributed by atoms with Crippen molar-refractivity contribution < 1.29 is 13.9 Å². The summed E-state index contributed by atoms with van der Waals surface area (Å²) >= 11 is 0. The van der Waals surface area contributed by atoms with Crippen LogP contribution in [-0.4, -0.2) is 41.1 Å². The lowest BCUT2D eigenvalue weighted by molar-refractivity contribution is 0.122. The average molecular weight is 440 g/mol. The number of nitrogens with zero attached hydrogens (tertiary/aromatic N) is 4. The van der Waals surface area contributed by atoms with E-state index < -0.39 is 0 Å². The van der Waals surface area contributed by atoms with Crippen LogP contribution in [0.5, 0.6) is 11.6 Å². The van der Waals surface area contributed by atoms with Gasteiger partial charge >= 0.3 is 0 Å². The van der Waals surface area contributed by atoms with Crippen molar-refractivity contribution in [3.05, 3.63) is 65.2 Å². The number of morpholine rings is 1. The number of benzene rings is 1. The predicted molar refractivity (Wildman–Crippen MR) is 122 cm³/mol. The summed E-state index contributed by atoms with van der Waals surface area (Å²) in [6.07, 6.45) is 1.77. The van der Waals surface area contributed by atoms with E-state index in [9.17, 15) is 4.39 Å². The van der Waals surface area contributed by atoms with E-state index in [1.807, 2.05) is 17.8 Å². The lowest BCUT2D eigenvalue weighted by Crippen LogP contribution is -2.38. The fourth-order valence-corrected chi connectivity index (χ4v) is 3.94. The lowest BCUT2D eigenvalue weighted by Gasteiger charge is -2.29. The van der Waals surface area contributed by atoms with Crippen LogP contribution in [-0.2, 0) is 24.9 Å². The molecule has 7 nitrogen and oxygen atoms in total. The maximum atomic E-state index is 13.3. The molecule has 1 aromatic carbocycles. The Hall–Kier alpha value is -2.97. The summed E-state index contributed by atoms with van der Waals surface area (Å²) in [4.78, 5) is 6.71. The van der Waals surface area contributed by atoms with Crippen molar-refractivity contribution in [2.75, 3.05) is 31.2 Å². The second-order valence-electron chi connectivity index (χ2n) is 8.23. The molecule has 0 unspecified atom stereocenters. The van der Waals surface area contributed by atoms with Gasteiger partial charge in [0.05, 0.1) is 18.9 Å². The summed E-state index contributed by atoms with van der Waals surface area (Å²) < 4.78 is 26.5. The van der Waals surface area contributed by atoms with E-state index in [-0.39, 0.29) is 5.82 Å². The molecule has 0 bridgehead atoms. The Kier molecular flexibility index (Phi) is 7.02. The molecule has 3 heterocycles. The molecule has 1 fully saturated rings. The maximum Gasteiger partial charge on any atom is 0.219 e. The van der Waals surface area contributed by atoms with Gasteiger partial charge in [0.15, 0.2) is 0 Å². The summed E-state index contributed by atoms with van der Waals surface area (Å²) in [5, 5.41) is 8.35. The number of halogens is 1. The van der Waals surface area contributed by atoms with Crippen molar-refractivity contribution in [3.63, 3.8) is 0 Å². The van der Waals surface area contributed by atoms with Gasteiger partial charge in [0, 0.05) is 57.1 Å². The van der Waals surface area contributed by atoms with Crippen LogP contribution >= 0.6 is 0 Å².